The molecule has 19 heavy (non-hydrogen) atoms. The number of nitrogens with one attached hydrogen (secondary N) is 1. The third-order valence-corrected chi connectivity index (χ3v) is 4.37. The van der Waals surface area contributed by atoms with Crippen LogP contribution in [0.2, 0.25) is 0 Å². The molecule has 0 saturated carbocycles. The van der Waals surface area contributed by atoms with Crippen LogP contribution >= 0.6 is 0 Å². The fraction of sp³-hybridized carbons (Fsp3) is 0.625. The van der Waals surface area contributed by atoms with Crippen LogP contribution in [0.25, 0.3) is 0 Å². The topological polar surface area (TPSA) is 24.5 Å². The van der Waals surface area contributed by atoms with Crippen LogP contribution in [0.15, 0.2) is 24.3 Å². The van der Waals surface area contributed by atoms with Gasteiger partial charge in [-0.15, -0.1) is 0 Å². The van der Waals surface area contributed by atoms with Gasteiger partial charge in [0, 0.05) is 43.7 Å². The molecule has 0 radical (unpaired) electrons. The van der Waals surface area contributed by atoms with Crippen molar-refractivity contribution in [2.45, 2.75) is 25.8 Å². The number of ether oxygens (including phenoxy) is 1. The minimum atomic E-state index is 0.544. The third kappa shape index (κ3) is 2.77. The second kappa shape index (κ2) is 5.51. The number of hydrogen-bond donors (Lipinski definition) is 1. The Morgan fingerprint density at radius 2 is 2.21 bits per heavy atom. The maximum atomic E-state index is 5.78. The van der Waals surface area contributed by atoms with Crippen LogP contribution in [0.1, 0.15) is 25.3 Å². The summed E-state index contributed by atoms with van der Waals surface area (Å²) in [7, 11) is 0. The molecule has 3 nitrogen and oxygen atoms in total. The van der Waals surface area contributed by atoms with Crippen LogP contribution in [0.3, 0.4) is 0 Å². The first kappa shape index (κ1) is 12.9. The average molecular weight is 260 g/mol. The first-order valence-corrected chi connectivity index (χ1v) is 7.41. The number of piperazine rings is 1. The molecular formula is C16H24N2O. The van der Waals surface area contributed by atoms with Crippen molar-refractivity contribution in [3.63, 3.8) is 0 Å². The van der Waals surface area contributed by atoms with Crippen molar-refractivity contribution >= 4 is 0 Å². The molecule has 1 saturated heterocycles. The van der Waals surface area contributed by atoms with Crippen molar-refractivity contribution in [1.82, 2.24) is 10.2 Å². The van der Waals surface area contributed by atoms with E-state index in [1.54, 1.807) is 0 Å². The van der Waals surface area contributed by atoms with Gasteiger partial charge >= 0.3 is 0 Å². The average Bonchev–Trinajstić information content (AvgIpc) is 2.83. The monoisotopic (exact) mass is 260 g/mol. The molecule has 1 fully saturated rings. The van der Waals surface area contributed by atoms with Gasteiger partial charge in [-0.25, -0.2) is 0 Å². The zero-order chi connectivity index (χ0) is 13.2. The number of hydrogen-bond acceptors (Lipinski definition) is 3. The minimum Gasteiger partial charge on any atom is -0.493 e. The summed E-state index contributed by atoms with van der Waals surface area (Å²) < 4.78 is 5.78. The Morgan fingerprint density at radius 1 is 1.37 bits per heavy atom. The lowest BCUT2D eigenvalue weighted by atomic mass is 9.98. The zero-order valence-corrected chi connectivity index (χ0v) is 11.9. The summed E-state index contributed by atoms with van der Waals surface area (Å²) in [4.78, 5) is 2.59. The molecule has 0 aromatic heterocycles. The second-order valence-electron chi connectivity index (χ2n) is 6.11. The molecule has 3 heteroatoms. The van der Waals surface area contributed by atoms with Crippen molar-refractivity contribution in [2.24, 2.45) is 5.92 Å². The van der Waals surface area contributed by atoms with E-state index in [0.29, 0.717) is 17.9 Å². The Hall–Kier alpha value is -1.06. The molecule has 2 unspecified atom stereocenters. The molecule has 1 N–H and O–H groups in total. The van der Waals surface area contributed by atoms with Crippen molar-refractivity contribution in [2.75, 3.05) is 32.8 Å². The molecule has 1 aromatic rings. The van der Waals surface area contributed by atoms with E-state index in [1.807, 2.05) is 0 Å². The summed E-state index contributed by atoms with van der Waals surface area (Å²) in [6, 6.07) is 9.11. The summed E-state index contributed by atoms with van der Waals surface area (Å²) in [6.45, 7) is 10.00. The molecule has 2 aliphatic heterocycles. The van der Waals surface area contributed by atoms with Gasteiger partial charge in [-0.2, -0.15) is 0 Å². The summed E-state index contributed by atoms with van der Waals surface area (Å²) in [6.07, 6.45) is 0. The molecule has 1 aromatic carbocycles. The highest BCUT2D eigenvalue weighted by Crippen LogP contribution is 2.34. The van der Waals surface area contributed by atoms with Gasteiger partial charge in [0.05, 0.1) is 6.61 Å². The minimum absolute atomic E-state index is 0.544. The Balaban J connectivity index is 1.63. The molecule has 104 valence electrons. The Morgan fingerprint density at radius 3 is 3.05 bits per heavy atom. The second-order valence-corrected chi connectivity index (χ2v) is 6.11. The van der Waals surface area contributed by atoms with Gasteiger partial charge in [0.2, 0.25) is 0 Å². The Labute approximate surface area is 115 Å². The van der Waals surface area contributed by atoms with Crippen LogP contribution in [-0.4, -0.2) is 43.7 Å². The van der Waals surface area contributed by atoms with E-state index in [4.69, 9.17) is 4.74 Å². The van der Waals surface area contributed by atoms with Crippen LogP contribution in [0, 0.1) is 5.92 Å². The van der Waals surface area contributed by atoms with Crippen molar-refractivity contribution in [3.8, 4) is 5.75 Å². The number of benzene rings is 1. The van der Waals surface area contributed by atoms with Gasteiger partial charge in [0.1, 0.15) is 5.75 Å². The van der Waals surface area contributed by atoms with Gasteiger partial charge in [-0.1, -0.05) is 32.0 Å². The molecule has 0 amide bonds. The maximum absolute atomic E-state index is 5.78. The summed E-state index contributed by atoms with van der Waals surface area (Å²) >= 11 is 0. The van der Waals surface area contributed by atoms with E-state index in [0.717, 1.165) is 38.5 Å². The van der Waals surface area contributed by atoms with Crippen molar-refractivity contribution < 1.29 is 4.74 Å². The van der Waals surface area contributed by atoms with Crippen molar-refractivity contribution in [3.05, 3.63) is 29.8 Å². The number of rotatable bonds is 3. The smallest absolute Gasteiger partial charge is 0.122 e. The first-order valence-electron chi connectivity index (χ1n) is 7.41. The predicted octanol–water partition coefficient (Wildman–Crippen LogP) is 2.09. The molecule has 2 aliphatic rings. The standard InChI is InChI=1S/C16H24N2O/c1-12(2)15-10-18(8-7-17-15)9-13-11-19-16-6-4-3-5-14(13)16/h3-6,12-13,15,17H,7-11H2,1-2H3. The fourth-order valence-corrected chi connectivity index (χ4v) is 3.15. The first-order chi connectivity index (χ1) is 9.24. The van der Waals surface area contributed by atoms with Gasteiger partial charge in [0.15, 0.2) is 0 Å². The SMILES string of the molecule is CC(C)C1CN(CC2COc3ccccc32)CCN1. The summed E-state index contributed by atoms with van der Waals surface area (Å²) in [5.41, 5.74) is 1.39. The maximum Gasteiger partial charge on any atom is 0.122 e. The molecule has 0 aliphatic carbocycles. The number of fused-ring (bicyclic) bond motifs is 1. The summed E-state index contributed by atoms with van der Waals surface area (Å²) in [5, 5.41) is 3.62. The quantitative estimate of drug-likeness (QED) is 0.900. The van der Waals surface area contributed by atoms with Gasteiger partial charge < -0.3 is 10.1 Å². The molecule has 0 bridgehead atoms. The highest BCUT2D eigenvalue weighted by Gasteiger charge is 2.28. The van der Waals surface area contributed by atoms with Crippen LogP contribution in [0.5, 0.6) is 5.75 Å². The van der Waals surface area contributed by atoms with Crippen molar-refractivity contribution in [1.29, 1.82) is 0 Å². The van der Waals surface area contributed by atoms with Crippen LogP contribution in [0.4, 0.5) is 0 Å². The van der Waals surface area contributed by atoms with E-state index in [2.05, 4.69) is 48.3 Å². The van der Waals surface area contributed by atoms with Gasteiger partial charge in [0.25, 0.3) is 0 Å². The number of para-hydroxylation sites is 1. The molecule has 3 rings (SSSR count). The summed E-state index contributed by atoms with van der Waals surface area (Å²) in [5.74, 6) is 2.33. The normalized spacial score (nSPS) is 27.3. The lowest BCUT2D eigenvalue weighted by molar-refractivity contribution is 0.160. The molecule has 2 atom stereocenters. The lowest BCUT2D eigenvalue weighted by Crippen LogP contribution is -2.53. The van der Waals surface area contributed by atoms with Gasteiger partial charge in [-0.05, 0) is 12.0 Å². The fourth-order valence-electron chi connectivity index (χ4n) is 3.15. The predicted molar refractivity (Wildman–Crippen MR) is 77.7 cm³/mol. The van der Waals surface area contributed by atoms with E-state index in [9.17, 15) is 0 Å². The third-order valence-electron chi connectivity index (χ3n) is 4.37. The Bertz CT molecular complexity index is 433. The van der Waals surface area contributed by atoms with Gasteiger partial charge in [-0.3, -0.25) is 4.90 Å². The van der Waals surface area contributed by atoms with E-state index in [1.165, 1.54) is 5.56 Å². The molecule has 2 heterocycles. The van der Waals surface area contributed by atoms with Crippen LogP contribution < -0.4 is 10.1 Å². The van der Waals surface area contributed by atoms with E-state index >= 15 is 0 Å². The zero-order valence-electron chi connectivity index (χ0n) is 11.9. The van der Waals surface area contributed by atoms with E-state index < -0.39 is 0 Å². The Kier molecular flexibility index (Phi) is 3.76. The number of nitrogens with zero attached hydrogens (tertiary/aromatic N) is 1. The highest BCUT2D eigenvalue weighted by molar-refractivity contribution is 5.39. The largest absolute Gasteiger partial charge is 0.493 e. The molecule has 0 spiro atoms. The lowest BCUT2D eigenvalue weighted by Gasteiger charge is -2.36. The van der Waals surface area contributed by atoms with Crippen LogP contribution in [-0.2, 0) is 0 Å². The highest BCUT2D eigenvalue weighted by atomic mass is 16.5. The molecular weight excluding hydrogens is 236 g/mol. The van der Waals surface area contributed by atoms with E-state index in [-0.39, 0.29) is 0 Å².